The first kappa shape index (κ1) is 20.9. The third-order valence-corrected chi connectivity index (χ3v) is 6.40. The van der Waals surface area contributed by atoms with Crippen LogP contribution in [-0.2, 0) is 4.79 Å². The lowest BCUT2D eigenvalue weighted by Crippen LogP contribution is -2.55. The zero-order chi connectivity index (χ0) is 20.3. The molecule has 8 heteroatoms. The summed E-state index contributed by atoms with van der Waals surface area (Å²) in [4.78, 5) is 30.0. The fourth-order valence-electron chi connectivity index (χ4n) is 4.36. The molecule has 2 aliphatic rings. The minimum atomic E-state index is -0.390. The number of carbonyl (C=O) groups is 1. The molecule has 154 valence electrons. The van der Waals surface area contributed by atoms with Gasteiger partial charge in [-0.15, -0.1) is 0 Å². The molecule has 7 nitrogen and oxygen atoms in total. The second-order valence-electron chi connectivity index (χ2n) is 7.83. The van der Waals surface area contributed by atoms with Gasteiger partial charge in [0.15, 0.2) is 0 Å². The SMILES string of the molecule is C[C@@H](C(=O)N(C)C1CCCCC1)N1CCN(c2ccc(Cl)cc2[N+](=O)[O-])CC1. The molecule has 0 N–H and O–H groups in total. The van der Waals surface area contributed by atoms with E-state index in [0.29, 0.717) is 42.9 Å². The lowest BCUT2D eigenvalue weighted by atomic mass is 9.94. The molecule has 1 atom stereocenters. The number of nitrogens with zero attached hydrogens (tertiary/aromatic N) is 4. The predicted octanol–water partition coefficient (Wildman–Crippen LogP) is 3.55. The number of carbonyl (C=O) groups excluding carboxylic acids is 1. The van der Waals surface area contributed by atoms with Gasteiger partial charge in [0.25, 0.3) is 5.69 Å². The van der Waals surface area contributed by atoms with Crippen LogP contribution in [0.25, 0.3) is 0 Å². The third-order valence-electron chi connectivity index (χ3n) is 6.16. The fourth-order valence-corrected chi connectivity index (χ4v) is 4.53. The second-order valence-corrected chi connectivity index (χ2v) is 8.27. The number of hydrogen-bond donors (Lipinski definition) is 0. The summed E-state index contributed by atoms with van der Waals surface area (Å²) in [6.07, 6.45) is 5.88. The van der Waals surface area contributed by atoms with Crippen LogP contribution in [0.15, 0.2) is 18.2 Å². The van der Waals surface area contributed by atoms with Crippen LogP contribution in [-0.4, -0.2) is 65.9 Å². The molecule has 1 aliphatic carbocycles. The number of hydrogen-bond acceptors (Lipinski definition) is 5. The van der Waals surface area contributed by atoms with E-state index >= 15 is 0 Å². The maximum atomic E-state index is 12.9. The van der Waals surface area contributed by atoms with Gasteiger partial charge in [0, 0.05) is 50.4 Å². The Morgan fingerprint density at radius 2 is 1.86 bits per heavy atom. The molecule has 1 aromatic rings. The van der Waals surface area contributed by atoms with E-state index in [1.54, 1.807) is 12.1 Å². The van der Waals surface area contributed by atoms with Gasteiger partial charge in [-0.3, -0.25) is 19.8 Å². The van der Waals surface area contributed by atoms with Crippen molar-refractivity contribution in [2.24, 2.45) is 0 Å². The monoisotopic (exact) mass is 408 g/mol. The van der Waals surface area contributed by atoms with Gasteiger partial charge >= 0.3 is 0 Å². The van der Waals surface area contributed by atoms with Crippen molar-refractivity contribution in [3.63, 3.8) is 0 Å². The Balaban J connectivity index is 1.60. The Bertz CT molecular complexity index is 715. The van der Waals surface area contributed by atoms with Crippen molar-refractivity contribution < 1.29 is 9.72 Å². The number of rotatable bonds is 5. The minimum Gasteiger partial charge on any atom is -0.363 e. The molecule has 1 heterocycles. The smallest absolute Gasteiger partial charge is 0.294 e. The van der Waals surface area contributed by atoms with Crippen molar-refractivity contribution in [3.8, 4) is 0 Å². The molecule has 1 saturated carbocycles. The van der Waals surface area contributed by atoms with Gasteiger partial charge in [-0.1, -0.05) is 30.9 Å². The highest BCUT2D eigenvalue weighted by atomic mass is 35.5. The average molecular weight is 409 g/mol. The molecule has 0 spiro atoms. The first-order valence-electron chi connectivity index (χ1n) is 10.1. The number of likely N-dealkylation sites (N-methyl/N-ethyl adjacent to an activating group) is 1. The van der Waals surface area contributed by atoms with Gasteiger partial charge in [-0.25, -0.2) is 0 Å². The van der Waals surface area contributed by atoms with Crippen LogP contribution < -0.4 is 4.90 Å². The summed E-state index contributed by atoms with van der Waals surface area (Å²) >= 11 is 5.92. The Morgan fingerprint density at radius 3 is 2.46 bits per heavy atom. The molecular weight excluding hydrogens is 380 g/mol. The first-order chi connectivity index (χ1) is 13.4. The molecule has 2 fully saturated rings. The maximum Gasteiger partial charge on any atom is 0.294 e. The molecule has 1 aromatic carbocycles. The van der Waals surface area contributed by atoms with Crippen molar-refractivity contribution in [2.75, 3.05) is 38.1 Å². The Hall–Kier alpha value is -1.86. The largest absolute Gasteiger partial charge is 0.363 e. The van der Waals surface area contributed by atoms with Gasteiger partial charge in [0.05, 0.1) is 11.0 Å². The van der Waals surface area contributed by atoms with E-state index in [1.807, 2.05) is 23.8 Å². The molecular formula is C20H29ClN4O3. The van der Waals surface area contributed by atoms with Gasteiger partial charge in [-0.05, 0) is 31.9 Å². The Morgan fingerprint density at radius 1 is 1.21 bits per heavy atom. The molecule has 0 aromatic heterocycles. The molecule has 28 heavy (non-hydrogen) atoms. The third kappa shape index (κ3) is 4.58. The first-order valence-corrected chi connectivity index (χ1v) is 10.5. The van der Waals surface area contributed by atoms with Crippen LogP contribution in [0.2, 0.25) is 5.02 Å². The average Bonchev–Trinajstić information content (AvgIpc) is 2.73. The van der Waals surface area contributed by atoms with Crippen molar-refractivity contribution in [3.05, 3.63) is 33.3 Å². The van der Waals surface area contributed by atoms with Crippen molar-refractivity contribution in [1.82, 2.24) is 9.80 Å². The number of benzene rings is 1. The van der Waals surface area contributed by atoms with E-state index in [-0.39, 0.29) is 17.6 Å². The van der Waals surface area contributed by atoms with Crippen LogP contribution in [0.3, 0.4) is 0 Å². The Labute approximate surface area is 171 Å². The summed E-state index contributed by atoms with van der Waals surface area (Å²) in [6.45, 7) is 4.67. The van der Waals surface area contributed by atoms with Crippen molar-refractivity contribution in [2.45, 2.75) is 51.1 Å². The van der Waals surface area contributed by atoms with Crippen molar-refractivity contribution in [1.29, 1.82) is 0 Å². The zero-order valence-corrected chi connectivity index (χ0v) is 17.4. The lowest BCUT2D eigenvalue weighted by Gasteiger charge is -2.40. The van der Waals surface area contributed by atoms with Crippen LogP contribution >= 0.6 is 11.6 Å². The highest BCUT2D eigenvalue weighted by Crippen LogP contribution is 2.32. The normalized spacial score (nSPS) is 20.0. The molecule has 1 amide bonds. The molecule has 0 unspecified atom stereocenters. The summed E-state index contributed by atoms with van der Waals surface area (Å²) < 4.78 is 0. The quantitative estimate of drug-likeness (QED) is 0.550. The number of nitro benzene ring substituents is 1. The van der Waals surface area contributed by atoms with Crippen LogP contribution in [0.4, 0.5) is 11.4 Å². The standard InChI is InChI=1S/C20H29ClN4O3/c1-15(20(26)22(2)17-6-4-3-5-7-17)23-10-12-24(13-11-23)18-9-8-16(21)14-19(18)25(27)28/h8-9,14-15,17H,3-7,10-13H2,1-2H3/t15-/m0/s1. The van der Waals surface area contributed by atoms with Gasteiger partial charge < -0.3 is 9.80 Å². The van der Waals surface area contributed by atoms with E-state index in [2.05, 4.69) is 4.90 Å². The maximum absolute atomic E-state index is 12.9. The van der Waals surface area contributed by atoms with Crippen molar-refractivity contribution >= 4 is 28.9 Å². The van der Waals surface area contributed by atoms with Gasteiger partial charge in [0.1, 0.15) is 5.69 Å². The van der Waals surface area contributed by atoms with Crippen LogP contribution in [0.5, 0.6) is 0 Å². The molecule has 1 saturated heterocycles. The lowest BCUT2D eigenvalue weighted by molar-refractivity contribution is -0.384. The van der Waals surface area contributed by atoms with E-state index < -0.39 is 4.92 Å². The highest BCUT2D eigenvalue weighted by molar-refractivity contribution is 6.30. The zero-order valence-electron chi connectivity index (χ0n) is 16.6. The molecule has 0 radical (unpaired) electrons. The number of piperazine rings is 1. The van der Waals surface area contributed by atoms with Gasteiger partial charge in [-0.2, -0.15) is 0 Å². The topological polar surface area (TPSA) is 69.9 Å². The van der Waals surface area contributed by atoms with Gasteiger partial charge in [0.2, 0.25) is 5.91 Å². The Kier molecular flexibility index (Phi) is 6.78. The minimum absolute atomic E-state index is 0.0297. The summed E-state index contributed by atoms with van der Waals surface area (Å²) in [5, 5.41) is 11.7. The molecule has 1 aliphatic heterocycles. The number of nitro groups is 1. The fraction of sp³-hybridized carbons (Fsp3) is 0.650. The number of amides is 1. The summed E-state index contributed by atoms with van der Waals surface area (Å²) in [6, 6.07) is 4.98. The predicted molar refractivity (Wildman–Crippen MR) is 111 cm³/mol. The second kappa shape index (κ2) is 9.09. The number of halogens is 1. The van der Waals surface area contributed by atoms with Crippen LogP contribution in [0.1, 0.15) is 39.0 Å². The van der Waals surface area contributed by atoms with E-state index in [0.717, 1.165) is 12.8 Å². The number of anilines is 1. The van der Waals surface area contributed by atoms with Crippen LogP contribution in [0, 0.1) is 10.1 Å². The summed E-state index contributed by atoms with van der Waals surface area (Å²) in [7, 11) is 1.93. The summed E-state index contributed by atoms with van der Waals surface area (Å²) in [5.74, 6) is 0.179. The summed E-state index contributed by atoms with van der Waals surface area (Å²) in [5.41, 5.74) is 0.620. The molecule has 3 rings (SSSR count). The van der Waals surface area contributed by atoms with E-state index in [1.165, 1.54) is 25.3 Å². The highest BCUT2D eigenvalue weighted by Gasteiger charge is 2.32. The van der Waals surface area contributed by atoms with E-state index in [9.17, 15) is 14.9 Å². The van der Waals surface area contributed by atoms with E-state index in [4.69, 9.17) is 11.6 Å². The molecule has 0 bridgehead atoms.